The van der Waals surface area contributed by atoms with Gasteiger partial charge in [0.15, 0.2) is 10.8 Å². The SMILES string of the molecule is COc1ccc2c(c1)[C@H]1NC(=S)N[C@](C)(O2)[C@@H]1C(=O)Nc1ccccc1C. The highest BCUT2D eigenvalue weighted by Crippen LogP contribution is 2.46. The summed E-state index contributed by atoms with van der Waals surface area (Å²) >= 11 is 5.35. The molecule has 0 aromatic heterocycles. The van der Waals surface area contributed by atoms with Gasteiger partial charge in [0.05, 0.1) is 13.2 Å². The third-order valence-electron chi connectivity index (χ3n) is 5.13. The number of carbonyl (C=O) groups is 1. The molecule has 3 N–H and O–H groups in total. The molecule has 1 amide bonds. The summed E-state index contributed by atoms with van der Waals surface area (Å²) in [5.41, 5.74) is 1.67. The van der Waals surface area contributed by atoms with E-state index < -0.39 is 11.6 Å². The van der Waals surface area contributed by atoms with Gasteiger partial charge in [0.2, 0.25) is 5.91 Å². The zero-order valence-corrected chi connectivity index (χ0v) is 16.1. The van der Waals surface area contributed by atoms with Gasteiger partial charge < -0.3 is 25.4 Å². The number of carbonyl (C=O) groups excluding carboxylic acids is 1. The normalized spacial score (nSPS) is 25.4. The summed E-state index contributed by atoms with van der Waals surface area (Å²) in [7, 11) is 1.61. The van der Waals surface area contributed by atoms with Gasteiger partial charge >= 0.3 is 0 Å². The van der Waals surface area contributed by atoms with Crippen LogP contribution in [-0.4, -0.2) is 23.9 Å². The van der Waals surface area contributed by atoms with Crippen molar-refractivity contribution in [3.63, 3.8) is 0 Å². The predicted octanol–water partition coefficient (Wildman–Crippen LogP) is 2.89. The van der Waals surface area contributed by atoms with Crippen molar-refractivity contribution in [2.45, 2.75) is 25.6 Å². The molecule has 2 heterocycles. The molecule has 0 saturated carbocycles. The van der Waals surface area contributed by atoms with Crippen LogP contribution in [0, 0.1) is 12.8 Å². The topological polar surface area (TPSA) is 71.6 Å². The summed E-state index contributed by atoms with van der Waals surface area (Å²) in [6.07, 6.45) is 0. The first-order valence-electron chi connectivity index (χ1n) is 8.73. The van der Waals surface area contributed by atoms with Crippen LogP contribution in [0.3, 0.4) is 0 Å². The van der Waals surface area contributed by atoms with Crippen LogP contribution in [0.15, 0.2) is 42.5 Å². The molecule has 0 spiro atoms. The molecule has 27 heavy (non-hydrogen) atoms. The van der Waals surface area contributed by atoms with Crippen molar-refractivity contribution in [3.05, 3.63) is 53.6 Å². The van der Waals surface area contributed by atoms with E-state index in [9.17, 15) is 4.79 Å². The van der Waals surface area contributed by atoms with Gasteiger partial charge in [0.25, 0.3) is 0 Å². The highest BCUT2D eigenvalue weighted by Gasteiger charge is 2.54. The number of nitrogens with one attached hydrogen (secondary N) is 3. The van der Waals surface area contributed by atoms with Gasteiger partial charge in [-0.15, -0.1) is 0 Å². The van der Waals surface area contributed by atoms with Crippen molar-refractivity contribution >= 4 is 28.9 Å². The number of benzene rings is 2. The van der Waals surface area contributed by atoms with E-state index in [1.54, 1.807) is 7.11 Å². The van der Waals surface area contributed by atoms with E-state index in [0.29, 0.717) is 16.6 Å². The van der Waals surface area contributed by atoms with Gasteiger partial charge in [0, 0.05) is 11.3 Å². The summed E-state index contributed by atoms with van der Waals surface area (Å²) in [4.78, 5) is 13.3. The Morgan fingerprint density at radius 3 is 2.81 bits per heavy atom. The number of hydrogen-bond acceptors (Lipinski definition) is 4. The van der Waals surface area contributed by atoms with Crippen molar-refractivity contribution in [2.75, 3.05) is 12.4 Å². The molecule has 0 aliphatic carbocycles. The molecule has 140 valence electrons. The third kappa shape index (κ3) is 2.98. The molecule has 6 nitrogen and oxygen atoms in total. The van der Waals surface area contributed by atoms with Crippen LogP contribution in [0.4, 0.5) is 5.69 Å². The van der Waals surface area contributed by atoms with Crippen LogP contribution in [0.1, 0.15) is 24.1 Å². The molecule has 2 aromatic carbocycles. The first-order chi connectivity index (χ1) is 12.9. The highest BCUT2D eigenvalue weighted by molar-refractivity contribution is 7.80. The molecule has 1 fully saturated rings. The zero-order chi connectivity index (χ0) is 19.2. The largest absolute Gasteiger partial charge is 0.497 e. The second-order valence-electron chi connectivity index (χ2n) is 6.97. The predicted molar refractivity (Wildman–Crippen MR) is 107 cm³/mol. The van der Waals surface area contributed by atoms with Crippen molar-refractivity contribution in [1.29, 1.82) is 0 Å². The number of anilines is 1. The molecule has 2 aromatic rings. The number of rotatable bonds is 3. The average molecular weight is 383 g/mol. The van der Waals surface area contributed by atoms with Crippen LogP contribution in [-0.2, 0) is 4.79 Å². The Bertz CT molecular complexity index is 932. The first kappa shape index (κ1) is 17.6. The van der Waals surface area contributed by atoms with E-state index in [0.717, 1.165) is 16.8 Å². The van der Waals surface area contributed by atoms with Gasteiger partial charge in [-0.1, -0.05) is 18.2 Å². The maximum Gasteiger partial charge on any atom is 0.236 e. The van der Waals surface area contributed by atoms with E-state index in [2.05, 4.69) is 16.0 Å². The summed E-state index contributed by atoms with van der Waals surface area (Å²) < 4.78 is 11.6. The molecule has 2 aliphatic heterocycles. The maximum absolute atomic E-state index is 13.3. The number of ether oxygens (including phenoxy) is 2. The van der Waals surface area contributed by atoms with Crippen molar-refractivity contribution in [2.24, 2.45) is 5.92 Å². The fourth-order valence-electron chi connectivity index (χ4n) is 3.77. The van der Waals surface area contributed by atoms with Gasteiger partial charge in [-0.2, -0.15) is 0 Å². The van der Waals surface area contributed by atoms with Crippen LogP contribution in [0.2, 0.25) is 0 Å². The second-order valence-corrected chi connectivity index (χ2v) is 7.38. The fraction of sp³-hybridized carbons (Fsp3) is 0.300. The minimum atomic E-state index is -0.957. The van der Waals surface area contributed by atoms with Crippen LogP contribution in [0.5, 0.6) is 11.5 Å². The van der Waals surface area contributed by atoms with E-state index in [4.69, 9.17) is 21.7 Å². The summed E-state index contributed by atoms with van der Waals surface area (Å²) in [6, 6.07) is 12.9. The van der Waals surface area contributed by atoms with E-state index in [1.165, 1.54) is 0 Å². The van der Waals surface area contributed by atoms with Crippen LogP contribution < -0.4 is 25.4 Å². The molecular formula is C20H21N3O3S. The Kier molecular flexibility index (Phi) is 4.19. The first-order valence-corrected chi connectivity index (χ1v) is 9.14. The quantitative estimate of drug-likeness (QED) is 0.708. The Labute approximate surface area is 163 Å². The number of fused-ring (bicyclic) bond motifs is 4. The number of amides is 1. The number of aryl methyl sites for hydroxylation is 1. The minimum absolute atomic E-state index is 0.146. The summed E-state index contributed by atoms with van der Waals surface area (Å²) in [5.74, 6) is 0.715. The molecule has 0 radical (unpaired) electrons. The van der Waals surface area contributed by atoms with Gasteiger partial charge in [-0.05, 0) is 55.9 Å². The van der Waals surface area contributed by atoms with Crippen LogP contribution >= 0.6 is 12.2 Å². The minimum Gasteiger partial charge on any atom is -0.497 e. The molecular weight excluding hydrogens is 362 g/mol. The highest BCUT2D eigenvalue weighted by atomic mass is 32.1. The molecule has 7 heteroatoms. The molecule has 0 unspecified atom stereocenters. The lowest BCUT2D eigenvalue weighted by Gasteiger charge is -2.50. The standard InChI is InChI=1S/C20H21N3O3S/c1-11-6-4-5-7-14(11)21-18(24)16-17-13-10-12(25-3)8-9-15(13)26-20(16,2)23-19(27)22-17/h4-10,16-17H,1-3H3,(H,21,24)(H2,22,23,27)/t16-,17+,20+/m0/s1. The molecule has 2 aliphatic rings. The van der Waals surface area contributed by atoms with Crippen LogP contribution in [0.25, 0.3) is 0 Å². The van der Waals surface area contributed by atoms with E-state index in [-0.39, 0.29) is 11.9 Å². The smallest absolute Gasteiger partial charge is 0.236 e. The average Bonchev–Trinajstić information content (AvgIpc) is 2.62. The van der Waals surface area contributed by atoms with Gasteiger partial charge in [0.1, 0.15) is 17.4 Å². The zero-order valence-electron chi connectivity index (χ0n) is 15.3. The van der Waals surface area contributed by atoms with Crippen molar-refractivity contribution in [3.8, 4) is 11.5 Å². The Hall–Kier alpha value is -2.80. The Morgan fingerprint density at radius 2 is 2.07 bits per heavy atom. The molecule has 3 atom stereocenters. The second kappa shape index (κ2) is 6.42. The maximum atomic E-state index is 13.3. The number of thiocarbonyl (C=S) groups is 1. The van der Waals surface area contributed by atoms with E-state index >= 15 is 0 Å². The lowest BCUT2D eigenvalue weighted by atomic mass is 9.79. The van der Waals surface area contributed by atoms with Crippen molar-refractivity contribution < 1.29 is 14.3 Å². The van der Waals surface area contributed by atoms with Crippen molar-refractivity contribution in [1.82, 2.24) is 10.6 Å². The molecule has 1 saturated heterocycles. The Morgan fingerprint density at radius 1 is 1.30 bits per heavy atom. The van der Waals surface area contributed by atoms with Gasteiger partial charge in [-0.3, -0.25) is 4.79 Å². The summed E-state index contributed by atoms with van der Waals surface area (Å²) in [6.45, 7) is 3.81. The lowest BCUT2D eigenvalue weighted by Crippen LogP contribution is -2.70. The monoisotopic (exact) mass is 383 g/mol. The lowest BCUT2D eigenvalue weighted by molar-refractivity contribution is -0.132. The summed E-state index contributed by atoms with van der Waals surface area (Å²) in [5, 5.41) is 9.86. The Balaban J connectivity index is 1.74. The van der Waals surface area contributed by atoms with E-state index in [1.807, 2.05) is 56.3 Å². The van der Waals surface area contributed by atoms with Gasteiger partial charge in [-0.25, -0.2) is 0 Å². The number of hydrogen-bond donors (Lipinski definition) is 3. The fourth-order valence-corrected chi connectivity index (χ4v) is 4.10. The third-order valence-corrected chi connectivity index (χ3v) is 5.35. The molecule has 2 bridgehead atoms. The number of methoxy groups -OCH3 is 1. The number of para-hydroxylation sites is 1. The molecule has 4 rings (SSSR count).